The van der Waals surface area contributed by atoms with Crippen molar-refractivity contribution in [2.75, 3.05) is 39.3 Å². The van der Waals surface area contributed by atoms with Crippen LogP contribution in [-0.4, -0.2) is 67.0 Å². The number of amides is 3. The molecular formula is C16H28IN5O2. The van der Waals surface area contributed by atoms with E-state index in [1.54, 1.807) is 0 Å². The minimum Gasteiger partial charge on any atom is -0.357 e. The minimum atomic E-state index is -0.304. The Bertz CT molecular complexity index is 489. The molecule has 24 heavy (non-hydrogen) atoms. The van der Waals surface area contributed by atoms with Crippen molar-refractivity contribution < 1.29 is 9.59 Å². The van der Waals surface area contributed by atoms with Crippen molar-refractivity contribution in [3.05, 3.63) is 0 Å². The number of imide groups is 1. The number of carbonyl (C=O) groups is 2. The van der Waals surface area contributed by atoms with E-state index in [-0.39, 0.29) is 42.5 Å². The Labute approximate surface area is 160 Å². The van der Waals surface area contributed by atoms with E-state index in [2.05, 4.69) is 27.4 Å². The van der Waals surface area contributed by atoms with Gasteiger partial charge >= 0.3 is 6.03 Å². The van der Waals surface area contributed by atoms with Gasteiger partial charge in [-0.05, 0) is 31.6 Å². The molecule has 3 aliphatic rings. The molecule has 2 N–H and O–H groups in total. The number of carbonyl (C=O) groups excluding carboxylic acids is 2. The minimum absolute atomic E-state index is 0. The third-order valence-electron chi connectivity index (χ3n) is 5.26. The number of likely N-dealkylation sites (tertiary alicyclic amines) is 1. The van der Waals surface area contributed by atoms with E-state index in [4.69, 9.17) is 0 Å². The summed E-state index contributed by atoms with van der Waals surface area (Å²) in [5.41, 5.74) is 0.501. The van der Waals surface area contributed by atoms with Crippen molar-refractivity contribution in [1.29, 1.82) is 0 Å². The Kier molecular flexibility index (Phi) is 6.70. The van der Waals surface area contributed by atoms with Crippen LogP contribution in [0.15, 0.2) is 4.99 Å². The van der Waals surface area contributed by atoms with Crippen LogP contribution >= 0.6 is 24.0 Å². The topological polar surface area (TPSA) is 77.0 Å². The molecule has 8 heteroatoms. The van der Waals surface area contributed by atoms with Crippen LogP contribution in [0.25, 0.3) is 0 Å². The fourth-order valence-corrected chi connectivity index (χ4v) is 4.01. The molecule has 7 nitrogen and oxygen atoms in total. The molecule has 3 amide bonds. The summed E-state index contributed by atoms with van der Waals surface area (Å²) >= 11 is 0. The monoisotopic (exact) mass is 449 g/mol. The summed E-state index contributed by atoms with van der Waals surface area (Å²) in [6.07, 6.45) is 6.64. The fraction of sp³-hybridized carbons (Fsp3) is 0.812. The molecule has 0 aromatic heterocycles. The van der Waals surface area contributed by atoms with E-state index < -0.39 is 0 Å². The highest BCUT2D eigenvalue weighted by Crippen LogP contribution is 2.45. The molecule has 0 unspecified atom stereocenters. The van der Waals surface area contributed by atoms with Gasteiger partial charge < -0.3 is 15.5 Å². The highest BCUT2D eigenvalue weighted by atomic mass is 127. The zero-order chi connectivity index (χ0) is 16.3. The standard InChI is InChI=1S/C16H27N5O2.HI/c1-2-17-14(18-8-10-21-13(22)11-19-15(21)23)20-9-7-16(12-20)5-3-4-6-16;/h2-12H2,1H3,(H,17,18)(H,19,23);1H. The Hall–Kier alpha value is -1.06. The Morgan fingerprint density at radius 3 is 2.67 bits per heavy atom. The normalized spacial score (nSPS) is 23.0. The van der Waals surface area contributed by atoms with Crippen LogP contribution in [0.5, 0.6) is 0 Å². The first kappa shape index (κ1) is 19.3. The number of nitrogens with zero attached hydrogens (tertiary/aromatic N) is 3. The number of urea groups is 1. The Balaban J connectivity index is 0.00000208. The number of halogens is 1. The maximum Gasteiger partial charge on any atom is 0.324 e. The van der Waals surface area contributed by atoms with Gasteiger partial charge in [-0.15, -0.1) is 24.0 Å². The highest BCUT2D eigenvalue weighted by Gasteiger charge is 2.41. The van der Waals surface area contributed by atoms with Gasteiger partial charge in [0.05, 0.1) is 19.6 Å². The van der Waals surface area contributed by atoms with Crippen LogP contribution in [0.3, 0.4) is 0 Å². The average molecular weight is 449 g/mol. The highest BCUT2D eigenvalue weighted by molar-refractivity contribution is 14.0. The van der Waals surface area contributed by atoms with Crippen LogP contribution < -0.4 is 10.6 Å². The van der Waals surface area contributed by atoms with Gasteiger partial charge in [0, 0.05) is 19.6 Å². The molecular weight excluding hydrogens is 421 g/mol. The summed E-state index contributed by atoms with van der Waals surface area (Å²) in [5, 5.41) is 5.88. The van der Waals surface area contributed by atoms with Gasteiger partial charge in [-0.25, -0.2) is 4.79 Å². The molecule has 0 radical (unpaired) electrons. The van der Waals surface area contributed by atoms with Gasteiger partial charge in [0.1, 0.15) is 0 Å². The summed E-state index contributed by atoms with van der Waals surface area (Å²) in [5.74, 6) is 0.754. The molecule has 0 aromatic carbocycles. The van der Waals surface area contributed by atoms with Crippen LogP contribution in [0, 0.1) is 5.41 Å². The molecule has 0 bridgehead atoms. The first-order valence-corrected chi connectivity index (χ1v) is 8.75. The molecule has 136 valence electrons. The first-order valence-electron chi connectivity index (χ1n) is 8.75. The van der Waals surface area contributed by atoms with Gasteiger partial charge in [0.2, 0.25) is 5.91 Å². The van der Waals surface area contributed by atoms with E-state index in [1.165, 1.54) is 37.0 Å². The number of hydrogen-bond acceptors (Lipinski definition) is 3. The smallest absolute Gasteiger partial charge is 0.324 e. The Morgan fingerprint density at radius 2 is 2.04 bits per heavy atom. The summed E-state index contributed by atoms with van der Waals surface area (Å²) in [4.78, 5) is 31.3. The van der Waals surface area contributed by atoms with Crippen LogP contribution in [-0.2, 0) is 4.79 Å². The maximum absolute atomic E-state index is 11.6. The average Bonchev–Trinajstić information content (AvgIpc) is 3.24. The zero-order valence-electron chi connectivity index (χ0n) is 14.3. The maximum atomic E-state index is 11.6. The second-order valence-corrected chi connectivity index (χ2v) is 6.82. The zero-order valence-corrected chi connectivity index (χ0v) is 16.7. The third-order valence-corrected chi connectivity index (χ3v) is 5.26. The lowest BCUT2D eigenvalue weighted by Gasteiger charge is -2.26. The van der Waals surface area contributed by atoms with Crippen molar-refractivity contribution in [3.63, 3.8) is 0 Å². The van der Waals surface area contributed by atoms with Gasteiger partial charge in [-0.1, -0.05) is 12.8 Å². The van der Waals surface area contributed by atoms with Crippen molar-refractivity contribution >= 4 is 41.9 Å². The molecule has 1 aliphatic carbocycles. The lowest BCUT2D eigenvalue weighted by molar-refractivity contribution is -0.124. The Morgan fingerprint density at radius 1 is 1.29 bits per heavy atom. The van der Waals surface area contributed by atoms with Crippen LogP contribution in [0.1, 0.15) is 39.0 Å². The summed E-state index contributed by atoms with van der Waals surface area (Å²) in [7, 11) is 0. The number of nitrogens with one attached hydrogen (secondary N) is 2. The molecule has 2 aliphatic heterocycles. The van der Waals surface area contributed by atoms with E-state index in [0.29, 0.717) is 18.5 Å². The lowest BCUT2D eigenvalue weighted by Crippen LogP contribution is -2.42. The number of rotatable bonds is 4. The number of guanidine groups is 1. The summed E-state index contributed by atoms with van der Waals surface area (Å²) in [6.45, 7) is 5.93. The second-order valence-electron chi connectivity index (χ2n) is 6.82. The van der Waals surface area contributed by atoms with Gasteiger partial charge in [-0.2, -0.15) is 0 Å². The molecule has 1 spiro atoms. The molecule has 2 heterocycles. The van der Waals surface area contributed by atoms with Crippen molar-refractivity contribution in [2.45, 2.75) is 39.0 Å². The van der Waals surface area contributed by atoms with Gasteiger partial charge in [0.25, 0.3) is 0 Å². The van der Waals surface area contributed by atoms with E-state index in [1.807, 2.05) is 0 Å². The molecule has 2 saturated heterocycles. The number of hydrogen-bond donors (Lipinski definition) is 2. The first-order chi connectivity index (χ1) is 11.1. The molecule has 0 aromatic rings. The van der Waals surface area contributed by atoms with E-state index in [0.717, 1.165) is 25.6 Å². The van der Waals surface area contributed by atoms with E-state index >= 15 is 0 Å². The van der Waals surface area contributed by atoms with Crippen molar-refractivity contribution in [2.24, 2.45) is 10.4 Å². The largest absolute Gasteiger partial charge is 0.357 e. The van der Waals surface area contributed by atoms with E-state index in [9.17, 15) is 9.59 Å². The van der Waals surface area contributed by atoms with Gasteiger partial charge in [0.15, 0.2) is 5.96 Å². The van der Waals surface area contributed by atoms with Gasteiger partial charge in [-0.3, -0.25) is 14.7 Å². The van der Waals surface area contributed by atoms with Crippen molar-refractivity contribution in [3.8, 4) is 0 Å². The molecule has 3 rings (SSSR count). The fourth-order valence-electron chi connectivity index (χ4n) is 4.01. The van der Waals surface area contributed by atoms with Crippen LogP contribution in [0.2, 0.25) is 0 Å². The molecule has 0 atom stereocenters. The quantitative estimate of drug-likeness (QED) is 0.295. The molecule has 1 saturated carbocycles. The molecule has 3 fully saturated rings. The predicted molar refractivity (Wildman–Crippen MR) is 104 cm³/mol. The number of aliphatic imine (C=N–C) groups is 1. The summed E-state index contributed by atoms with van der Waals surface area (Å²) in [6, 6.07) is -0.304. The van der Waals surface area contributed by atoms with Crippen LogP contribution in [0.4, 0.5) is 4.79 Å². The summed E-state index contributed by atoms with van der Waals surface area (Å²) < 4.78 is 0. The third kappa shape index (κ3) is 4.12. The predicted octanol–water partition coefficient (Wildman–Crippen LogP) is 1.39. The second kappa shape index (κ2) is 8.35. The SMILES string of the molecule is CCNC(=NCCN1C(=O)CNC1=O)N1CCC2(CCCC2)C1.I. The van der Waals surface area contributed by atoms with Crippen molar-refractivity contribution in [1.82, 2.24) is 20.4 Å². The lowest BCUT2D eigenvalue weighted by atomic mass is 9.86.